The highest BCUT2D eigenvalue weighted by atomic mass is 35.5. The highest BCUT2D eigenvalue weighted by molar-refractivity contribution is 6.30. The van der Waals surface area contributed by atoms with E-state index in [1.165, 1.54) is 4.90 Å². The molecular formula is C12H13ClN2O3. The summed E-state index contributed by atoms with van der Waals surface area (Å²) in [5, 5.41) is 9.61. The number of carboxylic acid groups (broad SMARTS) is 1. The van der Waals surface area contributed by atoms with Gasteiger partial charge in [0.15, 0.2) is 0 Å². The van der Waals surface area contributed by atoms with Crippen LogP contribution in [0.3, 0.4) is 0 Å². The van der Waals surface area contributed by atoms with Crippen LogP contribution in [0.2, 0.25) is 5.15 Å². The predicted molar refractivity (Wildman–Crippen MR) is 64.5 cm³/mol. The number of pyridine rings is 1. The second kappa shape index (κ2) is 3.83. The molecule has 1 aromatic heterocycles. The smallest absolute Gasteiger partial charge is 0.407 e. The molecule has 2 aliphatic heterocycles. The van der Waals surface area contributed by atoms with Gasteiger partial charge in [-0.25, -0.2) is 9.78 Å². The fourth-order valence-corrected chi connectivity index (χ4v) is 3.17. The molecule has 1 amide bonds. The topological polar surface area (TPSA) is 62.7 Å². The molecular weight excluding hydrogens is 256 g/mol. The molecule has 5 nitrogen and oxygen atoms in total. The number of halogens is 1. The lowest BCUT2D eigenvalue weighted by Gasteiger charge is -2.23. The molecule has 2 atom stereocenters. The second-order valence-electron chi connectivity index (χ2n) is 4.87. The quantitative estimate of drug-likeness (QED) is 0.733. The molecule has 0 saturated carbocycles. The molecule has 0 radical (unpaired) electrons. The second-order valence-corrected chi connectivity index (χ2v) is 5.23. The molecule has 18 heavy (non-hydrogen) atoms. The van der Waals surface area contributed by atoms with Gasteiger partial charge in [-0.1, -0.05) is 11.6 Å². The van der Waals surface area contributed by atoms with E-state index in [2.05, 4.69) is 4.98 Å². The van der Waals surface area contributed by atoms with Gasteiger partial charge in [-0.15, -0.1) is 0 Å². The van der Waals surface area contributed by atoms with Gasteiger partial charge >= 0.3 is 6.09 Å². The van der Waals surface area contributed by atoms with Crippen LogP contribution >= 0.6 is 11.6 Å². The number of aromatic nitrogens is 1. The maximum absolute atomic E-state index is 11.2. The van der Waals surface area contributed by atoms with Crippen molar-refractivity contribution < 1.29 is 14.6 Å². The number of amides is 1. The summed E-state index contributed by atoms with van der Waals surface area (Å²) in [4.78, 5) is 16.6. The number of carbonyl (C=O) groups is 1. The standard InChI is InChI=1S/C12H13ClN2O3/c1-7-4-12(6-15(7)11(16)17)9-2-3-14-10(13)8(9)5-18-12/h2-3,7H,4-6H2,1H3,(H,16,17)/t7-,12?/m0/s1. The number of ether oxygens (including phenoxy) is 1. The van der Waals surface area contributed by atoms with E-state index in [0.29, 0.717) is 24.7 Å². The fourth-order valence-electron chi connectivity index (χ4n) is 2.96. The van der Waals surface area contributed by atoms with Gasteiger partial charge < -0.3 is 14.7 Å². The Labute approximate surface area is 109 Å². The minimum Gasteiger partial charge on any atom is -0.465 e. The van der Waals surface area contributed by atoms with Crippen LogP contribution in [-0.2, 0) is 16.9 Å². The van der Waals surface area contributed by atoms with Gasteiger partial charge in [0.1, 0.15) is 10.8 Å². The Balaban J connectivity index is 2.02. The first-order valence-electron chi connectivity index (χ1n) is 5.81. The van der Waals surface area contributed by atoms with Gasteiger partial charge in [-0.05, 0) is 18.6 Å². The van der Waals surface area contributed by atoms with Crippen molar-refractivity contribution in [3.63, 3.8) is 0 Å². The molecule has 0 bridgehead atoms. The summed E-state index contributed by atoms with van der Waals surface area (Å²) in [7, 11) is 0. The molecule has 1 aromatic rings. The average molecular weight is 269 g/mol. The van der Waals surface area contributed by atoms with Crippen molar-refractivity contribution in [1.82, 2.24) is 9.88 Å². The third kappa shape index (κ3) is 1.51. The van der Waals surface area contributed by atoms with Crippen LogP contribution in [-0.4, -0.2) is 33.7 Å². The Bertz CT molecular complexity index is 522. The van der Waals surface area contributed by atoms with Crippen molar-refractivity contribution in [2.45, 2.75) is 31.6 Å². The maximum Gasteiger partial charge on any atom is 0.407 e. The fraction of sp³-hybridized carbons (Fsp3) is 0.500. The summed E-state index contributed by atoms with van der Waals surface area (Å²) >= 11 is 6.05. The minimum absolute atomic E-state index is 0.0552. The zero-order valence-electron chi connectivity index (χ0n) is 9.89. The monoisotopic (exact) mass is 268 g/mol. The van der Waals surface area contributed by atoms with E-state index in [0.717, 1.165) is 11.1 Å². The molecule has 2 aliphatic rings. The average Bonchev–Trinajstić information content (AvgIpc) is 2.83. The highest BCUT2D eigenvalue weighted by Crippen LogP contribution is 2.46. The van der Waals surface area contributed by atoms with Gasteiger partial charge in [0.05, 0.1) is 13.2 Å². The molecule has 6 heteroatoms. The number of nitrogens with zero attached hydrogens (tertiary/aromatic N) is 2. The number of hydrogen-bond acceptors (Lipinski definition) is 3. The number of likely N-dealkylation sites (tertiary alicyclic amines) is 1. The van der Waals surface area contributed by atoms with Crippen molar-refractivity contribution in [2.24, 2.45) is 0 Å². The minimum atomic E-state index is -0.906. The first-order chi connectivity index (χ1) is 8.53. The summed E-state index contributed by atoms with van der Waals surface area (Å²) in [5.41, 5.74) is 1.33. The van der Waals surface area contributed by atoms with Crippen molar-refractivity contribution >= 4 is 17.7 Å². The van der Waals surface area contributed by atoms with Gasteiger partial charge in [0.2, 0.25) is 0 Å². The zero-order valence-corrected chi connectivity index (χ0v) is 10.6. The van der Waals surface area contributed by atoms with E-state index in [1.807, 2.05) is 13.0 Å². The largest absolute Gasteiger partial charge is 0.465 e. The Morgan fingerprint density at radius 1 is 1.72 bits per heavy atom. The summed E-state index contributed by atoms with van der Waals surface area (Å²) in [6, 6.07) is 1.83. The molecule has 3 heterocycles. The molecule has 1 unspecified atom stereocenters. The maximum atomic E-state index is 11.2. The lowest BCUT2D eigenvalue weighted by Crippen LogP contribution is -2.35. The normalized spacial score (nSPS) is 29.9. The van der Waals surface area contributed by atoms with Crippen LogP contribution in [0, 0.1) is 0 Å². The third-order valence-electron chi connectivity index (χ3n) is 3.82. The van der Waals surface area contributed by atoms with E-state index < -0.39 is 11.7 Å². The molecule has 0 aliphatic carbocycles. The first-order valence-corrected chi connectivity index (χ1v) is 6.19. The van der Waals surface area contributed by atoms with Crippen molar-refractivity contribution in [3.05, 3.63) is 28.5 Å². The molecule has 96 valence electrons. The van der Waals surface area contributed by atoms with Crippen LogP contribution < -0.4 is 0 Å². The summed E-state index contributed by atoms with van der Waals surface area (Å²) in [5.74, 6) is 0. The summed E-state index contributed by atoms with van der Waals surface area (Å²) in [6.07, 6.45) is 1.40. The van der Waals surface area contributed by atoms with E-state index in [9.17, 15) is 4.79 Å². The predicted octanol–water partition coefficient (Wildman–Crippen LogP) is 2.23. The van der Waals surface area contributed by atoms with Crippen molar-refractivity contribution in [3.8, 4) is 0 Å². The molecule has 1 spiro atoms. The summed E-state index contributed by atoms with van der Waals surface area (Å²) in [6.45, 7) is 2.66. The lowest BCUT2D eigenvalue weighted by molar-refractivity contribution is -0.0287. The van der Waals surface area contributed by atoms with Gasteiger partial charge in [-0.3, -0.25) is 0 Å². The highest BCUT2D eigenvalue weighted by Gasteiger charge is 2.50. The van der Waals surface area contributed by atoms with Crippen molar-refractivity contribution in [2.75, 3.05) is 6.54 Å². The van der Waals surface area contributed by atoms with Crippen LogP contribution in [0.15, 0.2) is 12.3 Å². The van der Waals surface area contributed by atoms with Crippen molar-refractivity contribution in [1.29, 1.82) is 0 Å². The SMILES string of the molecule is C[C@H]1CC2(CN1C(=O)O)OCc1c2ccnc1Cl. The Morgan fingerprint density at radius 2 is 2.50 bits per heavy atom. The van der Waals surface area contributed by atoms with E-state index in [1.54, 1.807) is 6.20 Å². The first kappa shape index (κ1) is 11.7. The third-order valence-corrected chi connectivity index (χ3v) is 4.14. The molecule has 3 rings (SSSR count). The summed E-state index contributed by atoms with van der Waals surface area (Å²) < 4.78 is 5.87. The number of rotatable bonds is 0. The van der Waals surface area contributed by atoms with Crippen LogP contribution in [0.4, 0.5) is 4.79 Å². The number of hydrogen-bond donors (Lipinski definition) is 1. The van der Waals surface area contributed by atoms with E-state index >= 15 is 0 Å². The van der Waals surface area contributed by atoms with E-state index in [4.69, 9.17) is 21.4 Å². The molecule has 1 fully saturated rings. The van der Waals surface area contributed by atoms with Gasteiger partial charge in [0.25, 0.3) is 0 Å². The van der Waals surface area contributed by atoms with Gasteiger partial charge in [0, 0.05) is 24.2 Å². The van der Waals surface area contributed by atoms with E-state index in [-0.39, 0.29) is 6.04 Å². The Hall–Kier alpha value is -1.33. The van der Waals surface area contributed by atoms with Crippen LogP contribution in [0.1, 0.15) is 24.5 Å². The van der Waals surface area contributed by atoms with Crippen LogP contribution in [0.5, 0.6) is 0 Å². The Morgan fingerprint density at radius 3 is 3.17 bits per heavy atom. The number of fused-ring (bicyclic) bond motifs is 2. The van der Waals surface area contributed by atoms with Crippen LogP contribution in [0.25, 0.3) is 0 Å². The zero-order chi connectivity index (χ0) is 12.9. The lowest BCUT2D eigenvalue weighted by atomic mass is 9.91. The Kier molecular flexibility index (Phi) is 2.50. The molecule has 1 saturated heterocycles. The van der Waals surface area contributed by atoms with Gasteiger partial charge in [-0.2, -0.15) is 0 Å². The molecule has 0 aromatic carbocycles. The molecule has 1 N–H and O–H groups in total.